The highest BCUT2D eigenvalue weighted by molar-refractivity contribution is 5.85. The van der Waals surface area contributed by atoms with E-state index in [0.717, 1.165) is 37.9 Å². The van der Waals surface area contributed by atoms with E-state index in [9.17, 15) is 4.79 Å². The molecule has 0 atom stereocenters. The Bertz CT molecular complexity index is 491. The first kappa shape index (κ1) is 14.8. The summed E-state index contributed by atoms with van der Waals surface area (Å²) in [5.74, 6) is -0.927. The molecule has 108 valence electrons. The molecule has 0 aliphatic carbocycles. The molecule has 0 unspecified atom stereocenters. The molecular formula is C16H21NO3. The van der Waals surface area contributed by atoms with Gasteiger partial charge in [-0.15, -0.1) is 0 Å². The third kappa shape index (κ3) is 3.92. The Hall–Kier alpha value is -1.65. The van der Waals surface area contributed by atoms with Crippen molar-refractivity contribution in [3.05, 3.63) is 41.5 Å². The van der Waals surface area contributed by atoms with Gasteiger partial charge in [0, 0.05) is 24.7 Å². The average molecular weight is 275 g/mol. The standard InChI is InChI=1S/C16H21NO3/c1-16(2)12-20-10-9-17(16)11-14-5-3-13(4-6-14)7-8-15(18)19/h3-8H,9-12H2,1-2H3,(H,18,19). The lowest BCUT2D eigenvalue weighted by atomic mass is 10.0. The van der Waals surface area contributed by atoms with Gasteiger partial charge >= 0.3 is 5.97 Å². The summed E-state index contributed by atoms with van der Waals surface area (Å²) in [4.78, 5) is 12.9. The summed E-state index contributed by atoms with van der Waals surface area (Å²) in [6.45, 7) is 7.74. The molecule has 0 bridgehead atoms. The van der Waals surface area contributed by atoms with Gasteiger partial charge in [0.25, 0.3) is 0 Å². The SMILES string of the molecule is CC1(C)COCCN1Cc1ccc(C=CC(=O)O)cc1. The molecule has 1 aliphatic rings. The van der Waals surface area contributed by atoms with Gasteiger partial charge in [-0.2, -0.15) is 0 Å². The van der Waals surface area contributed by atoms with Crippen molar-refractivity contribution >= 4 is 12.0 Å². The second kappa shape index (κ2) is 6.20. The van der Waals surface area contributed by atoms with Gasteiger partial charge in [0.15, 0.2) is 0 Å². The van der Waals surface area contributed by atoms with Crippen molar-refractivity contribution in [2.45, 2.75) is 25.9 Å². The highest BCUT2D eigenvalue weighted by Crippen LogP contribution is 2.21. The molecule has 1 N–H and O–H groups in total. The monoisotopic (exact) mass is 275 g/mol. The largest absolute Gasteiger partial charge is 0.478 e. The van der Waals surface area contributed by atoms with Crippen molar-refractivity contribution in [1.82, 2.24) is 4.90 Å². The summed E-state index contributed by atoms with van der Waals surface area (Å²) in [5, 5.41) is 8.60. The van der Waals surface area contributed by atoms with Crippen LogP contribution in [-0.2, 0) is 16.1 Å². The van der Waals surface area contributed by atoms with Gasteiger partial charge in [0.1, 0.15) is 0 Å². The van der Waals surface area contributed by atoms with Crippen LogP contribution in [0.2, 0.25) is 0 Å². The molecule has 1 fully saturated rings. The van der Waals surface area contributed by atoms with Crippen molar-refractivity contribution in [3.63, 3.8) is 0 Å². The molecule has 20 heavy (non-hydrogen) atoms. The van der Waals surface area contributed by atoms with Gasteiger partial charge in [-0.1, -0.05) is 24.3 Å². The van der Waals surface area contributed by atoms with E-state index in [1.807, 2.05) is 24.3 Å². The van der Waals surface area contributed by atoms with E-state index < -0.39 is 5.97 Å². The van der Waals surface area contributed by atoms with E-state index >= 15 is 0 Å². The molecule has 0 aromatic heterocycles. The zero-order chi connectivity index (χ0) is 14.6. The first-order chi connectivity index (χ1) is 9.47. The van der Waals surface area contributed by atoms with Crippen LogP contribution in [0.4, 0.5) is 0 Å². The Labute approximate surface area is 119 Å². The zero-order valence-electron chi connectivity index (χ0n) is 12.0. The van der Waals surface area contributed by atoms with Gasteiger partial charge in [0.2, 0.25) is 0 Å². The van der Waals surface area contributed by atoms with Gasteiger partial charge in [-0.25, -0.2) is 4.79 Å². The third-order valence-electron chi connectivity index (χ3n) is 3.59. The molecule has 1 saturated heterocycles. The third-order valence-corrected chi connectivity index (χ3v) is 3.59. The number of ether oxygens (including phenoxy) is 1. The summed E-state index contributed by atoms with van der Waals surface area (Å²) < 4.78 is 5.52. The Kier molecular flexibility index (Phi) is 4.57. The Morgan fingerprint density at radius 1 is 1.40 bits per heavy atom. The molecule has 0 radical (unpaired) electrons. The molecule has 1 heterocycles. The number of benzene rings is 1. The molecular weight excluding hydrogens is 254 g/mol. The van der Waals surface area contributed by atoms with Gasteiger partial charge in [-0.05, 0) is 31.1 Å². The summed E-state index contributed by atoms with van der Waals surface area (Å²) in [6, 6.07) is 7.99. The maximum atomic E-state index is 10.5. The highest BCUT2D eigenvalue weighted by Gasteiger charge is 2.30. The molecule has 0 saturated carbocycles. The van der Waals surface area contributed by atoms with E-state index in [-0.39, 0.29) is 5.54 Å². The molecule has 2 rings (SSSR count). The second-order valence-electron chi connectivity index (χ2n) is 5.70. The quantitative estimate of drug-likeness (QED) is 0.857. The molecule has 0 spiro atoms. The van der Waals surface area contributed by atoms with Crippen LogP contribution in [0.1, 0.15) is 25.0 Å². The average Bonchev–Trinajstić information content (AvgIpc) is 2.40. The number of morpholine rings is 1. The number of aliphatic carboxylic acids is 1. The molecule has 4 nitrogen and oxygen atoms in total. The lowest BCUT2D eigenvalue weighted by Crippen LogP contribution is -2.52. The molecule has 1 aromatic carbocycles. The number of hydrogen-bond acceptors (Lipinski definition) is 3. The summed E-state index contributed by atoms with van der Waals surface area (Å²) in [5.41, 5.74) is 2.19. The first-order valence-corrected chi connectivity index (χ1v) is 6.80. The number of nitrogens with zero attached hydrogens (tertiary/aromatic N) is 1. The fourth-order valence-electron chi connectivity index (χ4n) is 2.31. The van der Waals surface area contributed by atoms with Crippen molar-refractivity contribution in [1.29, 1.82) is 0 Å². The lowest BCUT2D eigenvalue weighted by molar-refractivity contribution is -0.131. The minimum Gasteiger partial charge on any atom is -0.478 e. The maximum absolute atomic E-state index is 10.5. The fourth-order valence-corrected chi connectivity index (χ4v) is 2.31. The van der Waals surface area contributed by atoms with E-state index in [1.54, 1.807) is 6.08 Å². The topological polar surface area (TPSA) is 49.8 Å². The summed E-state index contributed by atoms with van der Waals surface area (Å²) in [6.07, 6.45) is 2.75. The highest BCUT2D eigenvalue weighted by atomic mass is 16.5. The molecule has 1 aromatic rings. The number of rotatable bonds is 4. The van der Waals surface area contributed by atoms with Gasteiger partial charge in [0.05, 0.1) is 13.2 Å². The van der Waals surface area contributed by atoms with Gasteiger partial charge < -0.3 is 9.84 Å². The van der Waals surface area contributed by atoms with Gasteiger partial charge in [-0.3, -0.25) is 4.90 Å². The molecule has 4 heteroatoms. The summed E-state index contributed by atoms with van der Waals surface area (Å²) >= 11 is 0. The Morgan fingerprint density at radius 2 is 2.10 bits per heavy atom. The first-order valence-electron chi connectivity index (χ1n) is 6.80. The minimum atomic E-state index is -0.927. The van der Waals surface area contributed by atoms with Crippen molar-refractivity contribution in [3.8, 4) is 0 Å². The van der Waals surface area contributed by atoms with E-state index in [0.29, 0.717) is 0 Å². The van der Waals surface area contributed by atoms with Crippen molar-refractivity contribution in [2.24, 2.45) is 0 Å². The smallest absolute Gasteiger partial charge is 0.328 e. The predicted molar refractivity (Wildman–Crippen MR) is 78.4 cm³/mol. The summed E-state index contributed by atoms with van der Waals surface area (Å²) in [7, 11) is 0. The maximum Gasteiger partial charge on any atom is 0.328 e. The number of carbonyl (C=O) groups is 1. The van der Waals surface area contributed by atoms with Crippen LogP contribution < -0.4 is 0 Å². The minimum absolute atomic E-state index is 0.0557. The fraction of sp³-hybridized carbons (Fsp3) is 0.438. The van der Waals surface area contributed by atoms with Crippen LogP contribution in [0.15, 0.2) is 30.3 Å². The van der Waals surface area contributed by atoms with Crippen LogP contribution in [0.25, 0.3) is 6.08 Å². The van der Waals surface area contributed by atoms with Crippen LogP contribution in [0.5, 0.6) is 0 Å². The van der Waals surface area contributed by atoms with Crippen LogP contribution in [0, 0.1) is 0 Å². The Balaban J connectivity index is 2.01. The normalized spacial score (nSPS) is 19.3. The predicted octanol–water partition coefficient (Wildman–Crippen LogP) is 2.40. The second-order valence-corrected chi connectivity index (χ2v) is 5.70. The number of carboxylic acid groups (broad SMARTS) is 1. The van der Waals surface area contributed by atoms with Crippen LogP contribution in [-0.4, -0.2) is 41.3 Å². The lowest BCUT2D eigenvalue weighted by Gasteiger charge is -2.42. The van der Waals surface area contributed by atoms with E-state index in [2.05, 4.69) is 18.7 Å². The molecule has 0 amide bonds. The van der Waals surface area contributed by atoms with Crippen LogP contribution in [0.3, 0.4) is 0 Å². The number of carboxylic acids is 1. The van der Waals surface area contributed by atoms with Crippen molar-refractivity contribution in [2.75, 3.05) is 19.8 Å². The zero-order valence-corrected chi connectivity index (χ0v) is 12.0. The van der Waals surface area contributed by atoms with E-state index in [4.69, 9.17) is 9.84 Å². The molecule has 1 aliphatic heterocycles. The number of hydrogen-bond donors (Lipinski definition) is 1. The van der Waals surface area contributed by atoms with E-state index in [1.165, 1.54) is 5.56 Å². The van der Waals surface area contributed by atoms with Crippen molar-refractivity contribution < 1.29 is 14.6 Å². The Morgan fingerprint density at radius 3 is 2.70 bits per heavy atom. The van der Waals surface area contributed by atoms with Crippen LogP contribution >= 0.6 is 0 Å².